The quantitative estimate of drug-likeness (QED) is 0.862. The van der Waals surface area contributed by atoms with Gasteiger partial charge in [0.05, 0.1) is 18.7 Å². The van der Waals surface area contributed by atoms with Crippen molar-refractivity contribution in [1.29, 1.82) is 0 Å². The molecule has 6 heteroatoms. The molecule has 2 amide bonds. The number of hydrogen-bond acceptors (Lipinski definition) is 3. The van der Waals surface area contributed by atoms with Gasteiger partial charge in [-0.2, -0.15) is 0 Å². The number of amides is 2. The second-order valence-corrected chi connectivity index (χ2v) is 8.05. The van der Waals surface area contributed by atoms with Gasteiger partial charge in [0.15, 0.2) is 0 Å². The Morgan fingerprint density at radius 2 is 2.08 bits per heavy atom. The van der Waals surface area contributed by atoms with E-state index in [9.17, 15) is 9.59 Å². The maximum atomic E-state index is 12.7. The second-order valence-electron chi connectivity index (χ2n) is 7.62. The number of anilines is 1. The van der Waals surface area contributed by atoms with Crippen molar-refractivity contribution in [3.8, 4) is 5.75 Å². The first-order valence-corrected chi connectivity index (χ1v) is 9.72. The van der Waals surface area contributed by atoms with Crippen molar-refractivity contribution in [2.45, 2.75) is 45.6 Å². The van der Waals surface area contributed by atoms with Crippen molar-refractivity contribution < 1.29 is 14.3 Å². The zero-order valence-corrected chi connectivity index (χ0v) is 16.4. The van der Waals surface area contributed by atoms with Crippen LogP contribution in [-0.4, -0.2) is 36.4 Å². The number of nitrogens with one attached hydrogen (secondary N) is 1. The Bertz CT molecular complexity index is 694. The molecule has 1 aliphatic heterocycles. The van der Waals surface area contributed by atoms with Gasteiger partial charge in [-0.3, -0.25) is 9.59 Å². The number of methoxy groups -OCH3 is 1. The Kier molecular flexibility index (Phi) is 5.76. The van der Waals surface area contributed by atoms with Gasteiger partial charge in [-0.15, -0.1) is 0 Å². The van der Waals surface area contributed by atoms with E-state index in [0.29, 0.717) is 34.8 Å². The molecule has 1 saturated heterocycles. The fourth-order valence-electron chi connectivity index (χ4n) is 4.23. The predicted octanol–water partition coefficient (Wildman–Crippen LogP) is 3.96. The van der Waals surface area contributed by atoms with Crippen molar-refractivity contribution in [1.82, 2.24) is 4.90 Å². The summed E-state index contributed by atoms with van der Waals surface area (Å²) >= 11 is 6.03. The first kappa shape index (κ1) is 19.0. The van der Waals surface area contributed by atoms with Gasteiger partial charge >= 0.3 is 0 Å². The summed E-state index contributed by atoms with van der Waals surface area (Å²) in [4.78, 5) is 27.2. The fourth-order valence-corrected chi connectivity index (χ4v) is 4.41. The molecule has 26 heavy (non-hydrogen) atoms. The van der Waals surface area contributed by atoms with Gasteiger partial charge in [-0.25, -0.2) is 0 Å². The number of ether oxygens (including phenoxy) is 1. The van der Waals surface area contributed by atoms with Crippen LogP contribution < -0.4 is 10.1 Å². The average Bonchev–Trinajstić information content (AvgIpc) is 2.99. The lowest BCUT2D eigenvalue weighted by Crippen LogP contribution is -2.45. The van der Waals surface area contributed by atoms with E-state index in [1.807, 2.05) is 4.90 Å². The van der Waals surface area contributed by atoms with Gasteiger partial charge in [0.25, 0.3) is 0 Å². The van der Waals surface area contributed by atoms with E-state index in [-0.39, 0.29) is 30.2 Å². The maximum absolute atomic E-state index is 12.7. The number of halogens is 1. The van der Waals surface area contributed by atoms with Gasteiger partial charge < -0.3 is 15.0 Å². The zero-order chi connectivity index (χ0) is 18.8. The summed E-state index contributed by atoms with van der Waals surface area (Å²) in [7, 11) is 1.55. The molecule has 0 radical (unpaired) electrons. The molecule has 1 heterocycles. The SMILES string of the molecule is COc1ccc(Cl)cc1NC(=O)[C@@H]1CC(=O)N([C@H]2CCC[C@H](C)[C@H]2C)C1. The lowest BCUT2D eigenvalue weighted by molar-refractivity contribution is -0.131. The summed E-state index contributed by atoms with van der Waals surface area (Å²) in [5.74, 6) is 1.24. The molecule has 1 aliphatic carbocycles. The minimum Gasteiger partial charge on any atom is -0.495 e. The van der Waals surface area contributed by atoms with Crippen LogP contribution in [0.15, 0.2) is 18.2 Å². The molecule has 0 bridgehead atoms. The summed E-state index contributed by atoms with van der Waals surface area (Å²) in [6.45, 7) is 4.98. The van der Waals surface area contributed by atoms with Crippen LogP contribution in [-0.2, 0) is 9.59 Å². The van der Waals surface area contributed by atoms with Gasteiger partial charge in [0, 0.05) is 24.0 Å². The van der Waals surface area contributed by atoms with Crippen LogP contribution in [0.5, 0.6) is 5.75 Å². The maximum Gasteiger partial charge on any atom is 0.229 e. The highest BCUT2D eigenvalue weighted by Crippen LogP contribution is 2.36. The Labute approximate surface area is 160 Å². The zero-order valence-electron chi connectivity index (χ0n) is 15.6. The van der Waals surface area contributed by atoms with E-state index >= 15 is 0 Å². The summed E-state index contributed by atoms with van der Waals surface area (Å²) in [6, 6.07) is 5.35. The second kappa shape index (κ2) is 7.87. The molecule has 3 rings (SSSR count). The van der Waals surface area contributed by atoms with Crippen molar-refractivity contribution in [3.63, 3.8) is 0 Å². The van der Waals surface area contributed by atoms with E-state index in [1.54, 1.807) is 25.3 Å². The molecule has 0 spiro atoms. The van der Waals surface area contributed by atoms with Crippen molar-refractivity contribution in [2.75, 3.05) is 19.0 Å². The van der Waals surface area contributed by atoms with Crippen molar-refractivity contribution in [2.24, 2.45) is 17.8 Å². The van der Waals surface area contributed by atoms with Gasteiger partial charge in [-0.1, -0.05) is 38.3 Å². The molecule has 2 fully saturated rings. The van der Waals surface area contributed by atoms with E-state index in [2.05, 4.69) is 19.2 Å². The number of hydrogen-bond donors (Lipinski definition) is 1. The van der Waals surface area contributed by atoms with Crippen LogP contribution in [0.4, 0.5) is 5.69 Å². The van der Waals surface area contributed by atoms with Gasteiger partial charge in [0.1, 0.15) is 5.75 Å². The molecule has 142 valence electrons. The molecule has 4 atom stereocenters. The van der Waals surface area contributed by atoms with E-state index < -0.39 is 0 Å². The molecule has 1 aromatic rings. The molecule has 5 nitrogen and oxygen atoms in total. The molecule has 1 aromatic carbocycles. The Hall–Kier alpha value is -1.75. The van der Waals surface area contributed by atoms with Crippen LogP contribution >= 0.6 is 11.6 Å². The highest BCUT2D eigenvalue weighted by Gasteiger charge is 2.41. The summed E-state index contributed by atoms with van der Waals surface area (Å²) in [6.07, 6.45) is 3.68. The number of rotatable bonds is 4. The highest BCUT2D eigenvalue weighted by atomic mass is 35.5. The predicted molar refractivity (Wildman–Crippen MR) is 102 cm³/mol. The van der Waals surface area contributed by atoms with Crippen molar-refractivity contribution in [3.05, 3.63) is 23.2 Å². The summed E-state index contributed by atoms with van der Waals surface area (Å²) in [5.41, 5.74) is 0.538. The molecule has 1 saturated carbocycles. The van der Waals surface area contributed by atoms with E-state index in [4.69, 9.17) is 16.3 Å². The number of carbonyl (C=O) groups excluding carboxylic acids is 2. The van der Waals surface area contributed by atoms with Crippen LogP contribution in [0.3, 0.4) is 0 Å². The average molecular weight is 379 g/mol. The monoisotopic (exact) mass is 378 g/mol. The smallest absolute Gasteiger partial charge is 0.229 e. The molecule has 0 aromatic heterocycles. The van der Waals surface area contributed by atoms with Crippen LogP contribution in [0, 0.1) is 17.8 Å². The highest BCUT2D eigenvalue weighted by molar-refractivity contribution is 6.31. The Balaban J connectivity index is 1.68. The van der Waals surface area contributed by atoms with Crippen LogP contribution in [0.1, 0.15) is 39.5 Å². The van der Waals surface area contributed by atoms with Crippen LogP contribution in [0.25, 0.3) is 0 Å². The lowest BCUT2D eigenvalue weighted by Gasteiger charge is -2.40. The minimum absolute atomic E-state index is 0.0918. The number of nitrogens with zero attached hydrogens (tertiary/aromatic N) is 1. The van der Waals surface area contributed by atoms with Crippen LogP contribution in [0.2, 0.25) is 5.02 Å². The first-order valence-electron chi connectivity index (χ1n) is 9.34. The summed E-state index contributed by atoms with van der Waals surface area (Å²) in [5, 5.41) is 3.40. The van der Waals surface area contributed by atoms with E-state index in [1.165, 1.54) is 6.42 Å². The molecular weight excluding hydrogens is 352 g/mol. The molecule has 1 N–H and O–H groups in total. The number of carbonyl (C=O) groups is 2. The minimum atomic E-state index is -0.337. The normalized spacial score (nSPS) is 28.9. The number of likely N-dealkylation sites (tertiary alicyclic amines) is 1. The topological polar surface area (TPSA) is 58.6 Å². The Morgan fingerprint density at radius 3 is 2.81 bits per heavy atom. The first-order chi connectivity index (χ1) is 12.4. The molecular formula is C20H27ClN2O3. The third kappa shape index (κ3) is 3.83. The standard InChI is InChI=1S/C20H27ClN2O3/c1-12-5-4-6-17(13(12)2)23-11-14(9-19(23)24)20(25)22-16-10-15(21)7-8-18(16)26-3/h7-8,10,12-14,17H,4-6,9,11H2,1-3H3,(H,22,25)/t12-,13+,14+,17-/m0/s1. The summed E-state index contributed by atoms with van der Waals surface area (Å²) < 4.78 is 5.28. The van der Waals surface area contributed by atoms with Crippen molar-refractivity contribution >= 4 is 29.1 Å². The van der Waals surface area contributed by atoms with Gasteiger partial charge in [-0.05, 0) is 36.5 Å². The third-order valence-electron chi connectivity index (χ3n) is 6.01. The molecule has 2 aliphatic rings. The fraction of sp³-hybridized carbons (Fsp3) is 0.600. The number of benzene rings is 1. The van der Waals surface area contributed by atoms with Gasteiger partial charge in [0.2, 0.25) is 11.8 Å². The molecule has 0 unspecified atom stereocenters. The largest absolute Gasteiger partial charge is 0.495 e. The van der Waals surface area contributed by atoms with E-state index in [0.717, 1.165) is 12.8 Å². The third-order valence-corrected chi connectivity index (χ3v) is 6.25. The lowest BCUT2D eigenvalue weighted by atomic mass is 9.77. The Morgan fingerprint density at radius 1 is 1.31 bits per heavy atom.